The molecule has 3 rings (SSSR count). The molecular weight excluding hydrogens is 417 g/mol. The van der Waals surface area contributed by atoms with Gasteiger partial charge in [0.05, 0.1) is 24.4 Å². The van der Waals surface area contributed by atoms with Crippen molar-refractivity contribution >= 4 is 11.3 Å². The predicted molar refractivity (Wildman–Crippen MR) is 118 cm³/mol. The van der Waals surface area contributed by atoms with Gasteiger partial charge in [-0.3, -0.25) is 0 Å². The third kappa shape index (κ3) is 5.57. The van der Waals surface area contributed by atoms with Crippen LogP contribution in [0.2, 0.25) is 0 Å². The normalized spacial score (nSPS) is 11.9. The molecule has 0 aliphatic rings. The molecule has 0 unspecified atom stereocenters. The fourth-order valence-corrected chi connectivity index (χ4v) is 3.81. The van der Waals surface area contributed by atoms with Gasteiger partial charge in [0.2, 0.25) is 0 Å². The lowest BCUT2D eigenvalue weighted by atomic mass is 10.1. The zero-order valence-corrected chi connectivity index (χ0v) is 18.7. The number of ether oxygens (including phenoxy) is 2. The largest absolute Gasteiger partial charge is 0.490 e. The van der Waals surface area contributed by atoms with E-state index in [1.165, 1.54) is 17.4 Å². The highest BCUT2D eigenvalue weighted by Crippen LogP contribution is 2.35. The Bertz CT molecular complexity index is 1110. The van der Waals surface area contributed by atoms with Gasteiger partial charge in [0.25, 0.3) is 0 Å². The van der Waals surface area contributed by atoms with Gasteiger partial charge in [-0.25, -0.2) is 4.39 Å². The Labute approximate surface area is 184 Å². The summed E-state index contributed by atoms with van der Waals surface area (Å²) < 4.78 is 25.6. The van der Waals surface area contributed by atoms with E-state index in [1.807, 2.05) is 26.8 Å². The van der Waals surface area contributed by atoms with Crippen LogP contribution in [0, 0.1) is 24.1 Å². The summed E-state index contributed by atoms with van der Waals surface area (Å²) in [7, 11) is 0. The van der Waals surface area contributed by atoms with Crippen molar-refractivity contribution in [3.63, 3.8) is 0 Å². The average molecular weight is 442 g/mol. The van der Waals surface area contributed by atoms with Crippen molar-refractivity contribution in [3.05, 3.63) is 47.3 Å². The van der Waals surface area contributed by atoms with Crippen LogP contribution in [0.15, 0.2) is 30.3 Å². The molecule has 6 nitrogen and oxygen atoms in total. The number of aryl methyl sites for hydroxylation is 1. The lowest BCUT2D eigenvalue weighted by Gasteiger charge is -2.11. The molecule has 31 heavy (non-hydrogen) atoms. The molecule has 0 aliphatic carbocycles. The van der Waals surface area contributed by atoms with Crippen LogP contribution >= 0.6 is 11.3 Å². The van der Waals surface area contributed by atoms with Crippen LogP contribution in [0.3, 0.4) is 0 Å². The van der Waals surface area contributed by atoms with Crippen LogP contribution in [-0.2, 0) is 0 Å². The van der Waals surface area contributed by atoms with Gasteiger partial charge in [-0.15, -0.1) is 10.2 Å². The van der Waals surface area contributed by atoms with E-state index in [1.54, 1.807) is 25.1 Å². The quantitative estimate of drug-likeness (QED) is 0.521. The lowest BCUT2D eigenvalue weighted by molar-refractivity contribution is 0.154. The Morgan fingerprint density at radius 3 is 2.55 bits per heavy atom. The molecule has 162 valence electrons. The van der Waals surface area contributed by atoms with Crippen molar-refractivity contribution in [3.8, 4) is 38.7 Å². The van der Waals surface area contributed by atoms with Gasteiger partial charge >= 0.3 is 0 Å². The van der Waals surface area contributed by atoms with Crippen LogP contribution in [0.1, 0.15) is 38.3 Å². The second-order valence-corrected chi connectivity index (χ2v) is 8.46. The monoisotopic (exact) mass is 441 g/mol. The molecule has 2 aromatic carbocycles. The van der Waals surface area contributed by atoms with Crippen LogP contribution in [0.5, 0.6) is 11.5 Å². The van der Waals surface area contributed by atoms with Crippen LogP contribution < -0.4 is 9.47 Å². The number of hydrogen-bond acceptors (Lipinski definition) is 7. The van der Waals surface area contributed by atoms with E-state index >= 15 is 0 Å². The maximum atomic E-state index is 14.5. The van der Waals surface area contributed by atoms with Gasteiger partial charge in [-0.05, 0) is 63.6 Å². The minimum Gasteiger partial charge on any atom is -0.490 e. The van der Waals surface area contributed by atoms with E-state index in [2.05, 4.69) is 16.3 Å². The van der Waals surface area contributed by atoms with Crippen molar-refractivity contribution < 1.29 is 19.0 Å². The molecule has 0 saturated heterocycles. The predicted octanol–water partition coefficient (Wildman–Crippen LogP) is 5.13. The summed E-state index contributed by atoms with van der Waals surface area (Å²) in [5.41, 5.74) is 2.59. The zero-order chi connectivity index (χ0) is 22.5. The number of aliphatic hydroxyl groups is 1. The number of aliphatic hydroxyl groups excluding tert-OH is 1. The molecule has 0 bridgehead atoms. The molecular formula is C23H24FN3O3S. The van der Waals surface area contributed by atoms with Gasteiger partial charge in [-0.1, -0.05) is 11.3 Å². The number of aromatic nitrogens is 2. The molecule has 8 heteroatoms. The summed E-state index contributed by atoms with van der Waals surface area (Å²) in [6, 6.07) is 10.5. The topological polar surface area (TPSA) is 88.3 Å². The Kier molecular flexibility index (Phi) is 7.21. The second-order valence-electron chi connectivity index (χ2n) is 7.49. The SMILES string of the molecule is Cc1cc(OCC[C@H](C)O)c(F)cc1-c1nnc(-c2ccc(OC(C)C)c(C#N)c2)s1. The molecule has 3 aromatic rings. The smallest absolute Gasteiger partial charge is 0.165 e. The van der Waals surface area contributed by atoms with Crippen LogP contribution in [0.4, 0.5) is 4.39 Å². The molecule has 0 saturated carbocycles. The third-order valence-electron chi connectivity index (χ3n) is 4.44. The van der Waals surface area contributed by atoms with E-state index in [-0.39, 0.29) is 18.5 Å². The standard InChI is InChI=1S/C23H24FN3O3S/c1-13(2)30-20-6-5-16(10-17(20)12-25)22-26-27-23(31-22)18-11-19(24)21(9-14(18)3)29-8-7-15(4)28/h5-6,9-11,13,15,28H,7-8H2,1-4H3/t15-/m0/s1. The Balaban J connectivity index is 1.85. The van der Waals surface area contributed by atoms with E-state index in [0.717, 1.165) is 11.1 Å². The number of hydrogen-bond donors (Lipinski definition) is 1. The van der Waals surface area contributed by atoms with Crippen molar-refractivity contribution in [2.75, 3.05) is 6.61 Å². The molecule has 0 amide bonds. The van der Waals surface area contributed by atoms with Crippen LogP contribution in [-0.4, -0.2) is 34.1 Å². The molecule has 1 N–H and O–H groups in total. The van der Waals surface area contributed by atoms with Crippen molar-refractivity contribution in [2.45, 2.75) is 46.3 Å². The first-order chi connectivity index (χ1) is 14.8. The minimum atomic E-state index is -0.504. The fourth-order valence-electron chi connectivity index (χ4n) is 2.89. The summed E-state index contributed by atoms with van der Waals surface area (Å²) in [5.74, 6) is 0.172. The number of halogens is 1. The Hall–Kier alpha value is -3.02. The van der Waals surface area contributed by atoms with Crippen molar-refractivity contribution in [1.29, 1.82) is 5.26 Å². The van der Waals surface area contributed by atoms with E-state index in [4.69, 9.17) is 9.47 Å². The molecule has 0 fully saturated rings. The van der Waals surface area contributed by atoms with Gasteiger partial charge in [0, 0.05) is 17.5 Å². The van der Waals surface area contributed by atoms with Gasteiger partial charge in [0.1, 0.15) is 21.8 Å². The van der Waals surface area contributed by atoms with E-state index in [0.29, 0.717) is 33.3 Å². The number of nitriles is 1. The summed E-state index contributed by atoms with van der Waals surface area (Å²) in [6.07, 6.45) is -0.121. The van der Waals surface area contributed by atoms with Crippen LogP contribution in [0.25, 0.3) is 21.1 Å². The second kappa shape index (κ2) is 9.86. The third-order valence-corrected chi connectivity index (χ3v) is 5.44. The van der Waals surface area contributed by atoms with Gasteiger partial charge in [-0.2, -0.15) is 5.26 Å². The highest BCUT2D eigenvalue weighted by Gasteiger charge is 2.16. The van der Waals surface area contributed by atoms with Crippen molar-refractivity contribution in [1.82, 2.24) is 10.2 Å². The maximum absolute atomic E-state index is 14.5. The lowest BCUT2D eigenvalue weighted by Crippen LogP contribution is -2.08. The molecule has 1 atom stereocenters. The van der Waals surface area contributed by atoms with E-state index in [9.17, 15) is 14.8 Å². The molecule has 1 aromatic heterocycles. The number of benzene rings is 2. The summed E-state index contributed by atoms with van der Waals surface area (Å²) >= 11 is 1.32. The first-order valence-corrected chi connectivity index (χ1v) is 10.8. The number of nitrogens with zero attached hydrogens (tertiary/aromatic N) is 3. The van der Waals surface area contributed by atoms with Gasteiger partial charge in [0.15, 0.2) is 11.6 Å². The highest BCUT2D eigenvalue weighted by atomic mass is 32.1. The van der Waals surface area contributed by atoms with Crippen molar-refractivity contribution in [2.24, 2.45) is 0 Å². The number of rotatable bonds is 8. The molecule has 0 spiro atoms. The first kappa shape index (κ1) is 22.7. The molecule has 0 radical (unpaired) electrons. The fraction of sp³-hybridized carbons (Fsp3) is 0.348. The maximum Gasteiger partial charge on any atom is 0.165 e. The first-order valence-electron chi connectivity index (χ1n) is 9.94. The Morgan fingerprint density at radius 2 is 1.87 bits per heavy atom. The summed E-state index contributed by atoms with van der Waals surface area (Å²) in [6.45, 7) is 7.54. The summed E-state index contributed by atoms with van der Waals surface area (Å²) in [5, 5.41) is 28.4. The van der Waals surface area contributed by atoms with E-state index < -0.39 is 11.9 Å². The zero-order valence-electron chi connectivity index (χ0n) is 17.8. The molecule has 0 aliphatic heterocycles. The minimum absolute atomic E-state index is 0.0389. The molecule has 1 heterocycles. The Morgan fingerprint density at radius 1 is 1.13 bits per heavy atom. The highest BCUT2D eigenvalue weighted by molar-refractivity contribution is 7.17. The summed E-state index contributed by atoms with van der Waals surface area (Å²) in [4.78, 5) is 0. The van der Waals surface area contributed by atoms with Gasteiger partial charge < -0.3 is 14.6 Å². The average Bonchev–Trinajstić information content (AvgIpc) is 3.20.